The summed E-state index contributed by atoms with van der Waals surface area (Å²) >= 11 is 4.92. The highest BCUT2D eigenvalue weighted by Gasteiger charge is 2.09. The van der Waals surface area contributed by atoms with Crippen LogP contribution in [-0.4, -0.2) is 14.5 Å². The summed E-state index contributed by atoms with van der Waals surface area (Å²) < 4.78 is 1.65. The summed E-state index contributed by atoms with van der Waals surface area (Å²) in [5, 5.41) is 0. The lowest BCUT2D eigenvalue weighted by Gasteiger charge is -2.01. The highest BCUT2D eigenvalue weighted by Crippen LogP contribution is 2.15. The van der Waals surface area contributed by atoms with E-state index in [-0.39, 0.29) is 5.69 Å². The molecule has 0 aliphatic heterocycles. The van der Waals surface area contributed by atoms with Crippen molar-refractivity contribution < 1.29 is 0 Å². The van der Waals surface area contributed by atoms with Gasteiger partial charge in [0.1, 0.15) is 4.99 Å². The van der Waals surface area contributed by atoms with Crippen LogP contribution in [0.4, 0.5) is 0 Å². The Morgan fingerprint density at radius 3 is 2.93 bits per heavy atom. The summed E-state index contributed by atoms with van der Waals surface area (Å²) in [6, 6.07) is 5.52. The van der Waals surface area contributed by atoms with Gasteiger partial charge in [-0.25, -0.2) is 4.79 Å². The fourth-order valence-electron chi connectivity index (χ4n) is 1.70. The second kappa shape index (κ2) is 3.51. The van der Waals surface area contributed by atoms with Gasteiger partial charge in [0.2, 0.25) is 0 Å². The van der Waals surface area contributed by atoms with Crippen LogP contribution in [0.1, 0.15) is 12.5 Å². The Morgan fingerprint density at radius 1 is 1.60 bits per heavy atom. The zero-order valence-corrected chi connectivity index (χ0v) is 9.10. The molecular weight excluding hydrogens is 210 g/mol. The van der Waals surface area contributed by atoms with Crippen LogP contribution >= 0.6 is 12.2 Å². The molecular formula is C10H11N3OS. The number of nitrogens with one attached hydrogen (secondary N) is 1. The lowest BCUT2D eigenvalue weighted by molar-refractivity contribution is 0.753. The first-order chi connectivity index (χ1) is 7.15. The van der Waals surface area contributed by atoms with Crippen LogP contribution in [0, 0.1) is 0 Å². The Balaban J connectivity index is 2.89. The Morgan fingerprint density at radius 2 is 2.33 bits per heavy atom. The number of imidazole rings is 1. The molecule has 4 nitrogen and oxygen atoms in total. The molecule has 3 N–H and O–H groups in total. The summed E-state index contributed by atoms with van der Waals surface area (Å²) in [6.07, 6.45) is 0. The van der Waals surface area contributed by atoms with Crippen LogP contribution in [0.5, 0.6) is 0 Å². The van der Waals surface area contributed by atoms with Crippen molar-refractivity contribution in [2.75, 3.05) is 0 Å². The smallest absolute Gasteiger partial charge is 0.326 e. The fourth-order valence-corrected chi connectivity index (χ4v) is 1.87. The number of rotatable bonds is 2. The zero-order chi connectivity index (χ0) is 11.0. The zero-order valence-electron chi connectivity index (χ0n) is 8.28. The number of aromatic amines is 1. The number of para-hydroxylation sites is 1. The average molecular weight is 221 g/mol. The third-order valence-electron chi connectivity index (χ3n) is 2.39. The molecule has 0 amide bonds. The molecule has 0 unspecified atom stereocenters. The predicted molar refractivity (Wildman–Crippen MR) is 64.1 cm³/mol. The molecule has 2 aromatic rings. The molecule has 0 fully saturated rings. The van der Waals surface area contributed by atoms with Gasteiger partial charge in [-0.3, -0.25) is 4.57 Å². The van der Waals surface area contributed by atoms with Crippen LogP contribution < -0.4 is 11.4 Å². The van der Waals surface area contributed by atoms with Gasteiger partial charge in [-0.2, -0.15) is 0 Å². The Hall–Kier alpha value is -1.62. The van der Waals surface area contributed by atoms with Gasteiger partial charge in [0.25, 0.3) is 0 Å². The fraction of sp³-hybridized carbons (Fsp3) is 0.200. The molecule has 0 radical (unpaired) electrons. The number of benzene rings is 1. The van der Waals surface area contributed by atoms with E-state index in [0.29, 0.717) is 17.1 Å². The first kappa shape index (κ1) is 9.92. The molecule has 1 aromatic heterocycles. The van der Waals surface area contributed by atoms with E-state index in [1.807, 2.05) is 19.1 Å². The van der Waals surface area contributed by atoms with Crippen LogP contribution in [0.2, 0.25) is 0 Å². The number of H-pyrrole nitrogens is 1. The number of aryl methyl sites for hydroxylation is 1. The van der Waals surface area contributed by atoms with Crippen molar-refractivity contribution in [3.05, 3.63) is 34.2 Å². The van der Waals surface area contributed by atoms with Gasteiger partial charge < -0.3 is 10.7 Å². The topological polar surface area (TPSA) is 63.8 Å². The number of aromatic nitrogens is 2. The quantitative estimate of drug-likeness (QED) is 0.743. The highest BCUT2D eigenvalue weighted by atomic mass is 32.1. The monoisotopic (exact) mass is 221 g/mol. The van der Waals surface area contributed by atoms with E-state index < -0.39 is 0 Å². The number of nitrogens with zero attached hydrogens (tertiary/aromatic N) is 1. The number of fused-ring (bicyclic) bond motifs is 1. The maximum absolute atomic E-state index is 11.6. The maximum atomic E-state index is 11.6. The van der Waals surface area contributed by atoms with Crippen molar-refractivity contribution >= 4 is 28.2 Å². The predicted octanol–water partition coefficient (Wildman–Crippen LogP) is 0.984. The van der Waals surface area contributed by atoms with Gasteiger partial charge in [0.15, 0.2) is 0 Å². The molecule has 2 rings (SSSR count). The van der Waals surface area contributed by atoms with Crippen LogP contribution in [0.3, 0.4) is 0 Å². The van der Waals surface area contributed by atoms with Gasteiger partial charge in [0, 0.05) is 12.1 Å². The standard InChI is InChI=1S/C10H11N3OS/c1-2-13-7-5-3-4-6(9(11)15)8(7)12-10(13)14/h3-5H,2H2,1H3,(H2,11,15)(H,12,14). The molecule has 78 valence electrons. The molecule has 0 aliphatic rings. The SMILES string of the molecule is CCn1c(=O)[nH]c2c(C(N)=S)cccc21. The van der Waals surface area contributed by atoms with E-state index in [2.05, 4.69) is 4.98 Å². The van der Waals surface area contributed by atoms with Crippen molar-refractivity contribution in [3.63, 3.8) is 0 Å². The average Bonchev–Trinajstić information content (AvgIpc) is 2.52. The van der Waals surface area contributed by atoms with Crippen molar-refractivity contribution in [3.8, 4) is 0 Å². The summed E-state index contributed by atoms with van der Waals surface area (Å²) in [5.74, 6) is 0. The second-order valence-corrected chi connectivity index (χ2v) is 3.68. The third-order valence-corrected chi connectivity index (χ3v) is 2.61. The van der Waals surface area contributed by atoms with Crippen LogP contribution in [0.25, 0.3) is 11.0 Å². The summed E-state index contributed by atoms with van der Waals surface area (Å²) in [4.78, 5) is 14.6. The van der Waals surface area contributed by atoms with Gasteiger partial charge >= 0.3 is 5.69 Å². The van der Waals surface area contributed by atoms with Gasteiger partial charge in [-0.05, 0) is 19.1 Å². The van der Waals surface area contributed by atoms with Gasteiger partial charge in [-0.1, -0.05) is 18.3 Å². The van der Waals surface area contributed by atoms with E-state index in [9.17, 15) is 4.79 Å². The molecule has 0 spiro atoms. The molecule has 15 heavy (non-hydrogen) atoms. The molecule has 0 atom stereocenters. The Bertz CT molecular complexity index is 582. The molecule has 0 saturated heterocycles. The minimum atomic E-state index is -0.129. The van der Waals surface area contributed by atoms with Crippen molar-refractivity contribution in [2.45, 2.75) is 13.5 Å². The number of nitrogens with two attached hydrogens (primary N) is 1. The molecule has 0 bridgehead atoms. The Labute approximate surface area is 91.7 Å². The lowest BCUT2D eigenvalue weighted by Crippen LogP contribution is -2.14. The van der Waals surface area contributed by atoms with E-state index in [1.165, 1.54) is 0 Å². The molecule has 0 saturated carbocycles. The summed E-state index contributed by atoms with van der Waals surface area (Å²) in [5.41, 5.74) is 7.73. The largest absolute Gasteiger partial charge is 0.389 e. The van der Waals surface area contributed by atoms with Crippen molar-refractivity contribution in [1.29, 1.82) is 0 Å². The molecule has 0 aliphatic carbocycles. The normalized spacial score (nSPS) is 10.7. The van der Waals surface area contributed by atoms with Crippen LogP contribution in [-0.2, 0) is 6.54 Å². The summed E-state index contributed by atoms with van der Waals surface area (Å²) in [6.45, 7) is 2.54. The number of thiocarbonyl (C=S) groups is 1. The number of hydrogen-bond donors (Lipinski definition) is 2. The second-order valence-electron chi connectivity index (χ2n) is 3.24. The van der Waals surface area contributed by atoms with Gasteiger partial charge in [-0.15, -0.1) is 0 Å². The lowest BCUT2D eigenvalue weighted by atomic mass is 10.2. The Kier molecular flexibility index (Phi) is 2.32. The van der Waals surface area contributed by atoms with E-state index in [4.69, 9.17) is 18.0 Å². The number of hydrogen-bond acceptors (Lipinski definition) is 2. The first-order valence-corrected chi connectivity index (χ1v) is 5.07. The molecule has 5 heteroatoms. The maximum Gasteiger partial charge on any atom is 0.326 e. The van der Waals surface area contributed by atoms with Crippen molar-refractivity contribution in [1.82, 2.24) is 9.55 Å². The van der Waals surface area contributed by atoms with Crippen molar-refractivity contribution in [2.24, 2.45) is 5.73 Å². The molecule has 1 aromatic carbocycles. The minimum absolute atomic E-state index is 0.129. The third kappa shape index (κ3) is 1.45. The van der Waals surface area contributed by atoms with Crippen LogP contribution in [0.15, 0.2) is 23.0 Å². The van der Waals surface area contributed by atoms with E-state index >= 15 is 0 Å². The molecule has 1 heterocycles. The van der Waals surface area contributed by atoms with E-state index in [0.717, 1.165) is 11.0 Å². The highest BCUT2D eigenvalue weighted by molar-refractivity contribution is 7.80. The summed E-state index contributed by atoms with van der Waals surface area (Å²) in [7, 11) is 0. The first-order valence-electron chi connectivity index (χ1n) is 4.66. The van der Waals surface area contributed by atoms with Gasteiger partial charge in [0.05, 0.1) is 11.0 Å². The minimum Gasteiger partial charge on any atom is -0.389 e. The van der Waals surface area contributed by atoms with E-state index in [1.54, 1.807) is 10.6 Å².